The van der Waals surface area contributed by atoms with E-state index in [-0.39, 0.29) is 12.4 Å². The van der Waals surface area contributed by atoms with E-state index in [4.69, 9.17) is 0 Å². The highest BCUT2D eigenvalue weighted by atomic mass is 35.5. The average molecular weight is 264 g/mol. The molecule has 0 amide bonds. The maximum absolute atomic E-state index is 2.34. The summed E-state index contributed by atoms with van der Waals surface area (Å²) in [6.07, 6.45) is 12.7. The number of unbranched alkanes of at least 4 members (excludes halogenated alkanes) is 5. The van der Waals surface area contributed by atoms with E-state index in [0.717, 1.165) is 10.5 Å². The molecule has 1 nitrogen and oxygen atoms in total. The van der Waals surface area contributed by atoms with Gasteiger partial charge in [-0.25, -0.2) is 0 Å². The zero-order chi connectivity index (χ0) is 12.4. The SMILES string of the molecule is CCCCCCCCC(CCC)[N+](C)(C)C.[Cl-]. The summed E-state index contributed by atoms with van der Waals surface area (Å²) >= 11 is 0. The molecule has 0 bridgehead atoms. The molecule has 0 aromatic rings. The number of halogens is 1. The van der Waals surface area contributed by atoms with Gasteiger partial charge in [-0.2, -0.15) is 0 Å². The van der Waals surface area contributed by atoms with Crippen molar-refractivity contribution in [3.63, 3.8) is 0 Å². The van der Waals surface area contributed by atoms with Crippen molar-refractivity contribution in [1.82, 2.24) is 0 Å². The van der Waals surface area contributed by atoms with Crippen molar-refractivity contribution in [3.05, 3.63) is 0 Å². The Morgan fingerprint density at radius 1 is 0.706 bits per heavy atom. The molecule has 0 aliphatic heterocycles. The van der Waals surface area contributed by atoms with E-state index >= 15 is 0 Å². The summed E-state index contributed by atoms with van der Waals surface area (Å²) in [6, 6.07) is 0.871. The lowest BCUT2D eigenvalue weighted by Gasteiger charge is -2.34. The van der Waals surface area contributed by atoms with Crippen molar-refractivity contribution in [2.24, 2.45) is 0 Å². The number of hydrogen-bond donors (Lipinski definition) is 0. The summed E-state index contributed by atoms with van der Waals surface area (Å²) in [5, 5.41) is 0. The van der Waals surface area contributed by atoms with Crippen LogP contribution in [-0.4, -0.2) is 31.7 Å². The van der Waals surface area contributed by atoms with Gasteiger partial charge in [-0.3, -0.25) is 0 Å². The van der Waals surface area contributed by atoms with Crippen LogP contribution in [-0.2, 0) is 0 Å². The van der Waals surface area contributed by atoms with E-state index in [1.165, 1.54) is 57.8 Å². The quantitative estimate of drug-likeness (QED) is 0.415. The van der Waals surface area contributed by atoms with E-state index < -0.39 is 0 Å². The van der Waals surface area contributed by atoms with Crippen molar-refractivity contribution in [2.75, 3.05) is 21.1 Å². The molecule has 0 rings (SSSR count). The molecule has 0 saturated carbocycles. The maximum atomic E-state index is 2.34. The first kappa shape index (κ1) is 19.6. The van der Waals surface area contributed by atoms with Gasteiger partial charge in [0.1, 0.15) is 0 Å². The van der Waals surface area contributed by atoms with Gasteiger partial charge in [-0.1, -0.05) is 52.4 Å². The number of quaternary nitrogens is 1. The molecule has 0 aliphatic rings. The molecule has 0 heterocycles. The molecule has 0 aromatic carbocycles. The first-order valence-electron chi connectivity index (χ1n) is 7.33. The lowest BCUT2D eigenvalue weighted by atomic mass is 10.0. The second kappa shape index (κ2) is 11.3. The lowest BCUT2D eigenvalue weighted by molar-refractivity contribution is -0.896. The fourth-order valence-corrected chi connectivity index (χ4v) is 2.41. The minimum absolute atomic E-state index is 0. The summed E-state index contributed by atoms with van der Waals surface area (Å²) in [5.74, 6) is 0. The third-order valence-corrected chi connectivity index (χ3v) is 3.61. The summed E-state index contributed by atoms with van der Waals surface area (Å²) in [6.45, 7) is 4.60. The monoisotopic (exact) mass is 263 g/mol. The van der Waals surface area contributed by atoms with Crippen molar-refractivity contribution in [3.8, 4) is 0 Å². The van der Waals surface area contributed by atoms with Gasteiger partial charge in [0.2, 0.25) is 0 Å². The second-order valence-corrected chi connectivity index (χ2v) is 6.12. The number of nitrogens with zero attached hydrogens (tertiary/aromatic N) is 1. The van der Waals surface area contributed by atoms with Crippen molar-refractivity contribution in [1.29, 1.82) is 0 Å². The molecule has 17 heavy (non-hydrogen) atoms. The van der Waals surface area contributed by atoms with Gasteiger partial charge >= 0.3 is 0 Å². The Morgan fingerprint density at radius 2 is 1.24 bits per heavy atom. The molecule has 106 valence electrons. The van der Waals surface area contributed by atoms with Gasteiger partial charge in [0, 0.05) is 0 Å². The highest BCUT2D eigenvalue weighted by Gasteiger charge is 2.21. The Labute approximate surface area is 116 Å². The molecule has 0 fully saturated rings. The molecule has 0 spiro atoms. The molecule has 0 radical (unpaired) electrons. The molecule has 0 aromatic heterocycles. The third-order valence-electron chi connectivity index (χ3n) is 3.61. The first-order valence-corrected chi connectivity index (χ1v) is 7.33. The minimum Gasteiger partial charge on any atom is -1.00 e. The summed E-state index contributed by atoms with van der Waals surface area (Å²) < 4.78 is 1.14. The second-order valence-electron chi connectivity index (χ2n) is 6.12. The minimum atomic E-state index is 0. The van der Waals surface area contributed by atoms with Gasteiger partial charge < -0.3 is 16.9 Å². The predicted octanol–water partition coefficient (Wildman–Crippen LogP) is 1.62. The number of rotatable bonds is 10. The highest BCUT2D eigenvalue weighted by molar-refractivity contribution is 4.58. The van der Waals surface area contributed by atoms with Crippen molar-refractivity contribution in [2.45, 2.75) is 77.7 Å². The topological polar surface area (TPSA) is 0 Å². The van der Waals surface area contributed by atoms with Crippen molar-refractivity contribution >= 4 is 0 Å². The van der Waals surface area contributed by atoms with E-state index in [1.54, 1.807) is 0 Å². The van der Waals surface area contributed by atoms with Crippen LogP contribution in [0.2, 0.25) is 0 Å². The van der Waals surface area contributed by atoms with Crippen LogP contribution in [0.1, 0.15) is 71.6 Å². The smallest absolute Gasteiger partial charge is 0.0884 e. The lowest BCUT2D eigenvalue weighted by Crippen LogP contribution is -3.00. The van der Waals surface area contributed by atoms with Crippen LogP contribution in [0.4, 0.5) is 0 Å². The van der Waals surface area contributed by atoms with Gasteiger partial charge in [0.25, 0.3) is 0 Å². The van der Waals surface area contributed by atoms with Crippen molar-refractivity contribution < 1.29 is 16.9 Å². The van der Waals surface area contributed by atoms with Gasteiger partial charge in [0.15, 0.2) is 0 Å². The third kappa shape index (κ3) is 11.1. The van der Waals surface area contributed by atoms with Crippen LogP contribution in [0.25, 0.3) is 0 Å². The molecular formula is C15H34ClN. The van der Waals surface area contributed by atoms with E-state index in [9.17, 15) is 0 Å². The van der Waals surface area contributed by atoms with Crippen LogP contribution >= 0.6 is 0 Å². The predicted molar refractivity (Wildman–Crippen MR) is 74.7 cm³/mol. The summed E-state index contributed by atoms with van der Waals surface area (Å²) in [7, 11) is 7.03. The molecular weight excluding hydrogens is 230 g/mol. The van der Waals surface area contributed by atoms with Crippen LogP contribution in [0.3, 0.4) is 0 Å². The van der Waals surface area contributed by atoms with E-state index in [0.29, 0.717) is 0 Å². The standard InChI is InChI=1S/C15H34N.ClH/c1-6-8-9-10-11-12-14-15(13-7-2)16(3,4)5;/h15H,6-14H2,1-5H3;1H/q+1;/p-1. The van der Waals surface area contributed by atoms with Gasteiger partial charge in [-0.15, -0.1) is 0 Å². The first-order chi connectivity index (χ1) is 7.52. The summed E-state index contributed by atoms with van der Waals surface area (Å²) in [4.78, 5) is 0. The Balaban J connectivity index is 0. The van der Waals surface area contributed by atoms with E-state index in [1.807, 2.05) is 0 Å². The zero-order valence-corrected chi connectivity index (χ0v) is 13.5. The Kier molecular flexibility index (Phi) is 13.1. The highest BCUT2D eigenvalue weighted by Crippen LogP contribution is 2.18. The fraction of sp³-hybridized carbons (Fsp3) is 1.00. The zero-order valence-electron chi connectivity index (χ0n) is 12.8. The fourth-order valence-electron chi connectivity index (χ4n) is 2.41. The number of hydrogen-bond acceptors (Lipinski definition) is 0. The maximum Gasteiger partial charge on any atom is 0.0884 e. The van der Waals surface area contributed by atoms with E-state index in [2.05, 4.69) is 35.0 Å². The van der Waals surface area contributed by atoms with Gasteiger partial charge in [-0.05, 0) is 19.3 Å². The largest absolute Gasteiger partial charge is 1.00 e. The molecule has 0 N–H and O–H groups in total. The van der Waals surface area contributed by atoms with Gasteiger partial charge in [0.05, 0.1) is 27.2 Å². The van der Waals surface area contributed by atoms with Crippen LogP contribution < -0.4 is 12.4 Å². The Bertz CT molecular complexity index is 151. The van der Waals surface area contributed by atoms with Crippen LogP contribution in [0.5, 0.6) is 0 Å². The summed E-state index contributed by atoms with van der Waals surface area (Å²) in [5.41, 5.74) is 0. The normalized spacial score (nSPS) is 13.2. The molecule has 1 atom stereocenters. The van der Waals surface area contributed by atoms with Crippen LogP contribution in [0, 0.1) is 0 Å². The molecule has 0 aliphatic carbocycles. The average Bonchev–Trinajstić information content (AvgIpc) is 2.20. The molecule has 0 saturated heterocycles. The van der Waals surface area contributed by atoms with Crippen LogP contribution in [0.15, 0.2) is 0 Å². The molecule has 1 unspecified atom stereocenters. The Hall–Kier alpha value is 0.250. The molecule has 2 heteroatoms. The Morgan fingerprint density at radius 3 is 1.71 bits per heavy atom.